The van der Waals surface area contributed by atoms with E-state index in [2.05, 4.69) is 11.9 Å². The molecule has 17 heavy (non-hydrogen) atoms. The molecule has 0 amide bonds. The third kappa shape index (κ3) is 1.76. The SMILES string of the molecule is CC1CC1Cn1c(N)nc2cc(F)c(Cl)cc21. The van der Waals surface area contributed by atoms with Gasteiger partial charge in [-0.1, -0.05) is 18.5 Å². The van der Waals surface area contributed by atoms with Crippen molar-refractivity contribution in [3.63, 3.8) is 0 Å². The van der Waals surface area contributed by atoms with Gasteiger partial charge in [-0.05, 0) is 24.3 Å². The molecule has 1 aliphatic rings. The van der Waals surface area contributed by atoms with Crippen LogP contribution in [0.5, 0.6) is 0 Å². The van der Waals surface area contributed by atoms with E-state index in [0.29, 0.717) is 17.4 Å². The molecule has 0 radical (unpaired) electrons. The van der Waals surface area contributed by atoms with Crippen LogP contribution in [-0.2, 0) is 6.54 Å². The van der Waals surface area contributed by atoms with Crippen molar-refractivity contribution in [3.8, 4) is 0 Å². The molecular formula is C12H13ClFN3. The number of fused-ring (bicyclic) bond motifs is 1. The van der Waals surface area contributed by atoms with Crippen molar-refractivity contribution in [1.29, 1.82) is 0 Å². The van der Waals surface area contributed by atoms with E-state index in [1.807, 2.05) is 4.57 Å². The largest absolute Gasteiger partial charge is 0.369 e. The summed E-state index contributed by atoms with van der Waals surface area (Å²) in [7, 11) is 0. The van der Waals surface area contributed by atoms with Gasteiger partial charge < -0.3 is 10.3 Å². The highest BCUT2D eigenvalue weighted by molar-refractivity contribution is 6.31. The highest BCUT2D eigenvalue weighted by atomic mass is 35.5. The lowest BCUT2D eigenvalue weighted by molar-refractivity contribution is 0.611. The zero-order valence-electron chi connectivity index (χ0n) is 9.45. The number of nitrogen functional groups attached to an aromatic ring is 1. The Balaban J connectivity index is 2.09. The molecule has 1 aromatic heterocycles. The number of hydrogen-bond acceptors (Lipinski definition) is 2. The number of halogens is 2. The Morgan fingerprint density at radius 1 is 1.59 bits per heavy atom. The lowest BCUT2D eigenvalue weighted by Crippen LogP contribution is -2.05. The first-order chi connectivity index (χ1) is 8.06. The van der Waals surface area contributed by atoms with Gasteiger partial charge in [0.2, 0.25) is 5.95 Å². The summed E-state index contributed by atoms with van der Waals surface area (Å²) in [6.07, 6.45) is 1.22. The number of hydrogen-bond donors (Lipinski definition) is 1. The van der Waals surface area contributed by atoms with E-state index in [-0.39, 0.29) is 5.02 Å². The minimum Gasteiger partial charge on any atom is -0.369 e. The van der Waals surface area contributed by atoms with Gasteiger partial charge in [0.25, 0.3) is 0 Å². The van der Waals surface area contributed by atoms with E-state index in [1.165, 1.54) is 12.5 Å². The predicted octanol–water partition coefficient (Wildman–Crippen LogP) is 3.07. The van der Waals surface area contributed by atoms with Crippen LogP contribution in [0, 0.1) is 17.7 Å². The van der Waals surface area contributed by atoms with Crippen LogP contribution < -0.4 is 5.73 Å². The number of anilines is 1. The Morgan fingerprint density at radius 3 is 2.94 bits per heavy atom. The lowest BCUT2D eigenvalue weighted by Gasteiger charge is -2.05. The monoisotopic (exact) mass is 253 g/mol. The van der Waals surface area contributed by atoms with Gasteiger partial charge in [-0.3, -0.25) is 0 Å². The van der Waals surface area contributed by atoms with E-state index in [4.69, 9.17) is 17.3 Å². The third-order valence-electron chi connectivity index (χ3n) is 3.51. The fourth-order valence-corrected chi connectivity index (χ4v) is 2.38. The molecule has 5 heteroatoms. The van der Waals surface area contributed by atoms with Crippen LogP contribution in [-0.4, -0.2) is 9.55 Å². The molecule has 1 heterocycles. The van der Waals surface area contributed by atoms with Gasteiger partial charge >= 0.3 is 0 Å². The van der Waals surface area contributed by atoms with Gasteiger partial charge in [0, 0.05) is 12.6 Å². The van der Waals surface area contributed by atoms with Crippen LogP contribution in [0.25, 0.3) is 11.0 Å². The number of rotatable bonds is 2. The summed E-state index contributed by atoms with van der Waals surface area (Å²) < 4.78 is 15.2. The molecular weight excluding hydrogens is 241 g/mol. The molecule has 1 saturated carbocycles. The van der Waals surface area contributed by atoms with E-state index in [0.717, 1.165) is 18.0 Å². The van der Waals surface area contributed by atoms with Crippen LogP contribution in [0.15, 0.2) is 12.1 Å². The molecule has 0 spiro atoms. The van der Waals surface area contributed by atoms with Gasteiger partial charge in [0.05, 0.1) is 16.1 Å². The predicted molar refractivity (Wildman–Crippen MR) is 66.4 cm³/mol. The van der Waals surface area contributed by atoms with Crippen LogP contribution in [0.1, 0.15) is 13.3 Å². The zero-order valence-corrected chi connectivity index (χ0v) is 10.2. The normalized spacial score (nSPS) is 23.2. The molecule has 2 atom stereocenters. The van der Waals surface area contributed by atoms with E-state index >= 15 is 0 Å². The van der Waals surface area contributed by atoms with Crippen molar-refractivity contribution in [2.24, 2.45) is 11.8 Å². The van der Waals surface area contributed by atoms with Gasteiger partial charge in [-0.15, -0.1) is 0 Å². The standard InChI is InChI=1S/C12H13ClFN3/c1-6-2-7(6)5-17-11-3-8(13)9(14)4-10(11)16-12(17)15/h3-4,6-7H,2,5H2,1H3,(H2,15,16). The van der Waals surface area contributed by atoms with Crippen LogP contribution in [0.2, 0.25) is 5.02 Å². The first-order valence-electron chi connectivity index (χ1n) is 5.67. The second-order valence-electron chi connectivity index (χ2n) is 4.81. The summed E-state index contributed by atoms with van der Waals surface area (Å²) in [4.78, 5) is 4.16. The molecule has 1 aromatic carbocycles. The van der Waals surface area contributed by atoms with Gasteiger partial charge in [-0.2, -0.15) is 0 Å². The Bertz CT molecular complexity index is 593. The van der Waals surface area contributed by atoms with Gasteiger partial charge in [0.1, 0.15) is 5.82 Å². The molecule has 1 fully saturated rings. The van der Waals surface area contributed by atoms with Gasteiger partial charge in [-0.25, -0.2) is 9.37 Å². The third-order valence-corrected chi connectivity index (χ3v) is 3.80. The average molecular weight is 254 g/mol. The van der Waals surface area contributed by atoms with Crippen molar-refractivity contribution in [1.82, 2.24) is 9.55 Å². The minimum absolute atomic E-state index is 0.113. The maximum absolute atomic E-state index is 13.3. The highest BCUT2D eigenvalue weighted by Crippen LogP contribution is 2.40. The maximum atomic E-state index is 13.3. The number of benzene rings is 1. The van der Waals surface area contributed by atoms with Crippen LogP contribution in [0.3, 0.4) is 0 Å². The van der Waals surface area contributed by atoms with Crippen LogP contribution in [0.4, 0.5) is 10.3 Å². The molecule has 1 aliphatic carbocycles. The molecule has 2 N–H and O–H groups in total. The highest BCUT2D eigenvalue weighted by Gasteiger charge is 2.33. The van der Waals surface area contributed by atoms with E-state index in [1.54, 1.807) is 6.07 Å². The van der Waals surface area contributed by atoms with E-state index < -0.39 is 5.82 Å². The molecule has 0 bridgehead atoms. The molecule has 0 aliphatic heterocycles. The number of imidazole rings is 1. The van der Waals surface area contributed by atoms with E-state index in [9.17, 15) is 4.39 Å². The van der Waals surface area contributed by atoms with Crippen molar-refractivity contribution in [2.45, 2.75) is 19.9 Å². The summed E-state index contributed by atoms with van der Waals surface area (Å²) in [6.45, 7) is 3.05. The molecule has 2 unspecified atom stereocenters. The Kier molecular flexibility index (Phi) is 2.30. The summed E-state index contributed by atoms with van der Waals surface area (Å²) in [5.74, 6) is 1.37. The van der Waals surface area contributed by atoms with Gasteiger partial charge in [0.15, 0.2) is 0 Å². The number of nitrogens with two attached hydrogens (primary N) is 1. The van der Waals surface area contributed by atoms with Crippen molar-refractivity contribution >= 4 is 28.6 Å². The molecule has 3 rings (SSSR count). The maximum Gasteiger partial charge on any atom is 0.201 e. The first-order valence-corrected chi connectivity index (χ1v) is 6.05. The molecule has 90 valence electrons. The summed E-state index contributed by atoms with van der Waals surface area (Å²) in [5, 5.41) is 0.113. The fourth-order valence-electron chi connectivity index (χ4n) is 2.22. The Labute approximate surface area is 103 Å². The average Bonchev–Trinajstić information content (AvgIpc) is 2.88. The summed E-state index contributed by atoms with van der Waals surface area (Å²) >= 11 is 5.79. The summed E-state index contributed by atoms with van der Waals surface area (Å²) in [5.41, 5.74) is 7.24. The minimum atomic E-state index is -0.455. The second kappa shape index (κ2) is 3.60. The first kappa shape index (κ1) is 10.8. The Morgan fingerprint density at radius 2 is 2.29 bits per heavy atom. The number of nitrogens with zero attached hydrogens (tertiary/aromatic N) is 2. The van der Waals surface area contributed by atoms with Crippen molar-refractivity contribution < 1.29 is 4.39 Å². The molecule has 2 aromatic rings. The number of aromatic nitrogens is 2. The second-order valence-corrected chi connectivity index (χ2v) is 5.22. The smallest absolute Gasteiger partial charge is 0.201 e. The molecule has 0 saturated heterocycles. The quantitative estimate of drug-likeness (QED) is 0.894. The topological polar surface area (TPSA) is 43.8 Å². The fraction of sp³-hybridized carbons (Fsp3) is 0.417. The van der Waals surface area contributed by atoms with Crippen molar-refractivity contribution in [3.05, 3.63) is 23.0 Å². The zero-order chi connectivity index (χ0) is 12.2. The molecule has 3 nitrogen and oxygen atoms in total. The van der Waals surface area contributed by atoms with Crippen molar-refractivity contribution in [2.75, 3.05) is 5.73 Å². The van der Waals surface area contributed by atoms with Crippen LogP contribution >= 0.6 is 11.6 Å². The Hall–Kier alpha value is -1.29. The summed E-state index contributed by atoms with van der Waals surface area (Å²) in [6, 6.07) is 2.93. The lowest BCUT2D eigenvalue weighted by atomic mass is 10.3.